The Kier molecular flexibility index (Phi) is 5.92. The zero-order valence-corrected chi connectivity index (χ0v) is 13.5. The van der Waals surface area contributed by atoms with E-state index in [1.54, 1.807) is 0 Å². The Labute approximate surface area is 131 Å². The number of aliphatic hydroxyl groups excluding tert-OH is 1. The maximum atomic E-state index is 10.9. The van der Waals surface area contributed by atoms with E-state index < -0.39 is 10.0 Å². The molecular formula is C13H23N5O3S. The van der Waals surface area contributed by atoms with E-state index in [0.717, 1.165) is 31.5 Å². The first-order valence-electron chi connectivity index (χ1n) is 7.37. The predicted molar refractivity (Wildman–Crippen MR) is 85.4 cm³/mol. The van der Waals surface area contributed by atoms with Gasteiger partial charge >= 0.3 is 0 Å². The molecule has 1 aliphatic heterocycles. The van der Waals surface area contributed by atoms with Gasteiger partial charge in [-0.05, 0) is 19.3 Å². The summed E-state index contributed by atoms with van der Waals surface area (Å²) in [5.74, 6) is 1.51. The van der Waals surface area contributed by atoms with Crippen molar-refractivity contribution in [2.45, 2.75) is 25.3 Å². The van der Waals surface area contributed by atoms with E-state index in [1.165, 1.54) is 6.33 Å². The van der Waals surface area contributed by atoms with Crippen molar-refractivity contribution in [3.63, 3.8) is 0 Å². The Bertz CT molecular complexity index is 581. The molecule has 1 aromatic rings. The molecular weight excluding hydrogens is 306 g/mol. The van der Waals surface area contributed by atoms with Gasteiger partial charge in [-0.1, -0.05) is 0 Å². The third-order valence-electron chi connectivity index (χ3n) is 3.56. The molecule has 1 atom stereocenters. The molecule has 1 fully saturated rings. The summed E-state index contributed by atoms with van der Waals surface area (Å²) in [5, 5.41) is 12.5. The third-order valence-corrected chi connectivity index (χ3v) is 4.29. The number of sulfonamides is 1. The number of rotatable bonds is 8. The quantitative estimate of drug-likeness (QED) is 0.566. The van der Waals surface area contributed by atoms with Gasteiger partial charge in [-0.2, -0.15) is 0 Å². The lowest BCUT2D eigenvalue weighted by molar-refractivity contribution is 0.266. The summed E-state index contributed by atoms with van der Waals surface area (Å²) in [4.78, 5) is 10.5. The number of hydrogen-bond donors (Lipinski definition) is 3. The van der Waals surface area contributed by atoms with Crippen molar-refractivity contribution in [3.8, 4) is 0 Å². The van der Waals surface area contributed by atoms with Crippen LogP contribution in [-0.2, 0) is 10.0 Å². The molecule has 0 aliphatic carbocycles. The van der Waals surface area contributed by atoms with Crippen LogP contribution in [0.4, 0.5) is 11.6 Å². The highest BCUT2D eigenvalue weighted by Crippen LogP contribution is 2.24. The summed E-state index contributed by atoms with van der Waals surface area (Å²) in [6, 6.07) is 1.99. The van der Waals surface area contributed by atoms with E-state index in [2.05, 4.69) is 24.9 Å². The van der Waals surface area contributed by atoms with Gasteiger partial charge in [0.15, 0.2) is 0 Å². The van der Waals surface area contributed by atoms with Crippen LogP contribution in [0.1, 0.15) is 19.3 Å². The number of nitrogens with one attached hydrogen (secondary N) is 2. The fourth-order valence-corrected chi connectivity index (χ4v) is 3.01. The predicted octanol–water partition coefficient (Wildman–Crippen LogP) is -0.211. The normalized spacial score (nSPS) is 18.6. The van der Waals surface area contributed by atoms with Gasteiger partial charge in [-0.25, -0.2) is 23.1 Å². The zero-order valence-electron chi connectivity index (χ0n) is 12.7. The van der Waals surface area contributed by atoms with Gasteiger partial charge in [-0.3, -0.25) is 0 Å². The summed E-state index contributed by atoms with van der Waals surface area (Å²) in [6.45, 7) is 2.02. The molecule has 0 amide bonds. The van der Waals surface area contributed by atoms with Crippen LogP contribution in [0.25, 0.3) is 0 Å². The van der Waals surface area contributed by atoms with Gasteiger partial charge in [0.25, 0.3) is 0 Å². The molecule has 0 spiro atoms. The summed E-state index contributed by atoms with van der Waals surface area (Å²) >= 11 is 0. The van der Waals surface area contributed by atoms with Gasteiger partial charge in [0.1, 0.15) is 18.0 Å². The van der Waals surface area contributed by atoms with E-state index >= 15 is 0 Å². The average Bonchev–Trinajstić information content (AvgIpc) is 2.94. The maximum absolute atomic E-state index is 10.9. The molecule has 1 saturated heterocycles. The van der Waals surface area contributed by atoms with Crippen molar-refractivity contribution in [1.82, 2.24) is 14.7 Å². The molecule has 0 aromatic carbocycles. The summed E-state index contributed by atoms with van der Waals surface area (Å²) in [7, 11) is -3.13. The molecule has 1 aliphatic rings. The fraction of sp³-hybridized carbons (Fsp3) is 0.692. The molecule has 0 radical (unpaired) electrons. The molecule has 2 rings (SSSR count). The standard InChI is InChI=1S/C13H23N5O3S/c1-22(20,21)17-6-3-5-14-12-8-13(16-10-15-12)18-7-2-4-11(18)9-19/h8,10-11,17,19H,2-7,9H2,1H3,(H,14,15,16). The Balaban J connectivity index is 1.84. The second kappa shape index (κ2) is 7.70. The number of anilines is 2. The highest BCUT2D eigenvalue weighted by Gasteiger charge is 2.25. The topological polar surface area (TPSA) is 107 Å². The first-order valence-corrected chi connectivity index (χ1v) is 9.27. The Morgan fingerprint density at radius 1 is 1.41 bits per heavy atom. The van der Waals surface area contributed by atoms with Crippen LogP contribution < -0.4 is 14.9 Å². The first kappa shape index (κ1) is 16.9. The number of aliphatic hydroxyl groups is 1. The maximum Gasteiger partial charge on any atom is 0.208 e. The van der Waals surface area contributed by atoms with Crippen LogP contribution in [-0.4, -0.2) is 62.0 Å². The lowest BCUT2D eigenvalue weighted by atomic mass is 10.2. The summed E-state index contributed by atoms with van der Waals surface area (Å²) < 4.78 is 24.3. The highest BCUT2D eigenvalue weighted by molar-refractivity contribution is 7.88. The van der Waals surface area contributed by atoms with Gasteiger partial charge in [0.05, 0.1) is 18.9 Å². The molecule has 1 unspecified atom stereocenters. The van der Waals surface area contributed by atoms with E-state index in [-0.39, 0.29) is 12.6 Å². The average molecular weight is 329 g/mol. The third kappa shape index (κ3) is 5.08. The van der Waals surface area contributed by atoms with E-state index in [0.29, 0.717) is 25.3 Å². The van der Waals surface area contributed by atoms with Crippen LogP contribution in [0.2, 0.25) is 0 Å². The van der Waals surface area contributed by atoms with E-state index in [9.17, 15) is 13.5 Å². The molecule has 1 aromatic heterocycles. The van der Waals surface area contributed by atoms with Gasteiger partial charge < -0.3 is 15.3 Å². The lowest BCUT2D eigenvalue weighted by Crippen LogP contribution is -2.32. The molecule has 9 heteroatoms. The van der Waals surface area contributed by atoms with Gasteiger partial charge in [-0.15, -0.1) is 0 Å². The number of nitrogens with zero attached hydrogens (tertiary/aromatic N) is 3. The largest absolute Gasteiger partial charge is 0.394 e. The smallest absolute Gasteiger partial charge is 0.208 e. The van der Waals surface area contributed by atoms with Gasteiger partial charge in [0.2, 0.25) is 10.0 Å². The minimum Gasteiger partial charge on any atom is -0.394 e. The van der Waals surface area contributed by atoms with Crippen molar-refractivity contribution < 1.29 is 13.5 Å². The fourth-order valence-electron chi connectivity index (χ4n) is 2.49. The molecule has 124 valence electrons. The number of aromatic nitrogens is 2. The van der Waals surface area contributed by atoms with Gasteiger partial charge in [0, 0.05) is 25.7 Å². The second-order valence-corrected chi connectivity index (χ2v) is 7.21. The van der Waals surface area contributed by atoms with Crippen LogP contribution in [0.15, 0.2) is 12.4 Å². The summed E-state index contributed by atoms with van der Waals surface area (Å²) in [5.41, 5.74) is 0. The monoisotopic (exact) mass is 329 g/mol. The van der Waals surface area contributed by atoms with Crippen LogP contribution in [0.3, 0.4) is 0 Å². The Morgan fingerprint density at radius 2 is 2.23 bits per heavy atom. The van der Waals surface area contributed by atoms with Crippen molar-refractivity contribution >= 4 is 21.7 Å². The molecule has 0 saturated carbocycles. The van der Waals surface area contributed by atoms with Crippen molar-refractivity contribution in [2.75, 3.05) is 42.7 Å². The van der Waals surface area contributed by atoms with E-state index in [1.807, 2.05) is 6.07 Å². The van der Waals surface area contributed by atoms with Crippen LogP contribution in [0.5, 0.6) is 0 Å². The zero-order chi connectivity index (χ0) is 16.0. The van der Waals surface area contributed by atoms with Crippen molar-refractivity contribution in [2.24, 2.45) is 0 Å². The van der Waals surface area contributed by atoms with E-state index in [4.69, 9.17) is 0 Å². The first-order chi connectivity index (χ1) is 10.5. The van der Waals surface area contributed by atoms with Crippen molar-refractivity contribution in [1.29, 1.82) is 0 Å². The number of hydrogen-bond acceptors (Lipinski definition) is 7. The molecule has 22 heavy (non-hydrogen) atoms. The SMILES string of the molecule is CS(=O)(=O)NCCCNc1cc(N2CCCC2CO)ncn1. The highest BCUT2D eigenvalue weighted by atomic mass is 32.2. The Hall–Kier alpha value is -1.45. The lowest BCUT2D eigenvalue weighted by Gasteiger charge is -2.24. The molecule has 0 bridgehead atoms. The van der Waals surface area contributed by atoms with Crippen LogP contribution >= 0.6 is 0 Å². The summed E-state index contributed by atoms with van der Waals surface area (Å²) in [6.07, 6.45) is 5.33. The van der Waals surface area contributed by atoms with Crippen molar-refractivity contribution in [3.05, 3.63) is 12.4 Å². The minimum atomic E-state index is -3.13. The minimum absolute atomic E-state index is 0.127. The van der Waals surface area contributed by atoms with Crippen LogP contribution in [0, 0.1) is 0 Å². The second-order valence-electron chi connectivity index (χ2n) is 5.38. The molecule has 3 N–H and O–H groups in total. The molecule has 8 nitrogen and oxygen atoms in total. The Morgan fingerprint density at radius 3 is 2.95 bits per heavy atom. The molecule has 2 heterocycles.